The van der Waals surface area contributed by atoms with Crippen LogP contribution in [-0.4, -0.2) is 4.57 Å². The molecule has 10 rings (SSSR count). The van der Waals surface area contributed by atoms with E-state index in [0.717, 1.165) is 62.1 Å². The normalized spacial score (nSPS) is 12.7. The highest BCUT2D eigenvalue weighted by Gasteiger charge is 2.16. The summed E-state index contributed by atoms with van der Waals surface area (Å²) < 4.78 is 1.94. The lowest BCUT2D eigenvalue weighted by atomic mass is 9.91. The van der Waals surface area contributed by atoms with E-state index < -0.39 is 0 Å². The van der Waals surface area contributed by atoms with E-state index in [2.05, 4.69) is 158 Å². The van der Waals surface area contributed by atoms with E-state index in [1.54, 1.807) is 0 Å². The molecule has 1 heterocycles. The van der Waals surface area contributed by atoms with Gasteiger partial charge in [0.15, 0.2) is 0 Å². The Labute approximate surface area is 283 Å². The van der Waals surface area contributed by atoms with Gasteiger partial charge in [-0.1, -0.05) is 121 Å². The zero-order valence-corrected chi connectivity index (χ0v) is 26.9. The first-order valence-corrected chi connectivity index (χ1v) is 17.0. The molecule has 0 aliphatic heterocycles. The maximum atomic E-state index is 14.5. The van der Waals surface area contributed by atoms with Gasteiger partial charge in [-0.3, -0.25) is 9.36 Å². The smallest absolute Gasteiger partial charge is 0.263 e. The topological polar surface area (TPSA) is 22.0 Å². The molecule has 0 N–H and O–H groups in total. The number of hydrogen-bond donors (Lipinski definition) is 0. The first-order valence-electron chi connectivity index (χ1n) is 17.0. The molecule has 9 aromatic rings. The van der Waals surface area contributed by atoms with Crippen LogP contribution >= 0.6 is 0 Å². The highest BCUT2D eigenvalue weighted by molar-refractivity contribution is 6.15. The number of para-hydroxylation sites is 1. The molecule has 1 aliphatic carbocycles. The van der Waals surface area contributed by atoms with Gasteiger partial charge in [-0.15, -0.1) is 0 Å². The molecule has 0 bridgehead atoms. The molecular weight excluding hydrogens is 595 g/mol. The van der Waals surface area contributed by atoms with E-state index in [4.69, 9.17) is 0 Å². The lowest BCUT2D eigenvalue weighted by molar-refractivity contribution is 1.01. The Balaban J connectivity index is 1.28. The van der Waals surface area contributed by atoms with Gasteiger partial charge >= 0.3 is 0 Å². The SMILES string of the molecule is O=c1c2c(c3ccccc3n1-c1cc(-c3ccc4ccccc4c3)cc(-c3cccc4c3ccc3cc5ccccc5cc34)c1)=CCCC=2. The Morgan fingerprint density at radius 1 is 0.408 bits per heavy atom. The zero-order valence-electron chi connectivity index (χ0n) is 26.9. The predicted molar refractivity (Wildman–Crippen MR) is 208 cm³/mol. The van der Waals surface area contributed by atoms with Gasteiger partial charge in [-0.25, -0.2) is 0 Å². The lowest BCUT2D eigenvalue weighted by Crippen LogP contribution is -2.45. The minimum atomic E-state index is 0.0297. The van der Waals surface area contributed by atoms with Gasteiger partial charge in [0.2, 0.25) is 0 Å². The molecule has 0 unspecified atom stereocenters. The standard InChI is InChI=1S/C47H31NO/c49-47-44-16-6-5-14-41(44)43-15-7-8-19-46(43)48(47)38-27-36(34-21-20-30-10-1-2-11-31(30)24-34)26-37(28-38)39-17-9-18-40-42(39)23-22-35-25-32-12-3-4-13-33(32)29-45(35)40/h1-4,7-29H,5-6H2. The van der Waals surface area contributed by atoms with Gasteiger partial charge < -0.3 is 0 Å². The maximum Gasteiger partial charge on any atom is 0.263 e. The third kappa shape index (κ3) is 4.45. The van der Waals surface area contributed by atoms with E-state index in [9.17, 15) is 4.79 Å². The summed E-state index contributed by atoms with van der Waals surface area (Å²) in [5.74, 6) is 0. The molecule has 1 aromatic heterocycles. The van der Waals surface area contributed by atoms with E-state index in [1.807, 2.05) is 10.6 Å². The van der Waals surface area contributed by atoms with Crippen molar-refractivity contribution in [2.45, 2.75) is 12.8 Å². The molecule has 49 heavy (non-hydrogen) atoms. The van der Waals surface area contributed by atoms with Crippen molar-refractivity contribution in [3.63, 3.8) is 0 Å². The molecule has 0 spiro atoms. The van der Waals surface area contributed by atoms with Crippen LogP contribution in [0.4, 0.5) is 0 Å². The van der Waals surface area contributed by atoms with Crippen LogP contribution in [0.5, 0.6) is 0 Å². The fraction of sp³-hybridized carbons (Fsp3) is 0.0426. The van der Waals surface area contributed by atoms with Gasteiger partial charge in [-0.2, -0.15) is 0 Å². The zero-order chi connectivity index (χ0) is 32.5. The summed E-state index contributed by atoms with van der Waals surface area (Å²) in [6.45, 7) is 0. The summed E-state index contributed by atoms with van der Waals surface area (Å²) in [6.07, 6.45) is 6.17. The first kappa shape index (κ1) is 27.8. The van der Waals surface area contributed by atoms with E-state index in [-0.39, 0.29) is 5.56 Å². The third-order valence-electron chi connectivity index (χ3n) is 10.3. The monoisotopic (exact) mass is 625 g/mol. The van der Waals surface area contributed by atoms with Crippen molar-refractivity contribution >= 4 is 66.1 Å². The number of benzene rings is 8. The van der Waals surface area contributed by atoms with Gasteiger partial charge in [0, 0.05) is 10.6 Å². The maximum absolute atomic E-state index is 14.5. The minimum Gasteiger partial charge on any atom is -0.276 e. The summed E-state index contributed by atoms with van der Waals surface area (Å²) >= 11 is 0. The van der Waals surface area contributed by atoms with Gasteiger partial charge in [0.05, 0.1) is 11.2 Å². The average Bonchev–Trinajstić information content (AvgIpc) is 3.16. The van der Waals surface area contributed by atoms with Crippen LogP contribution in [-0.2, 0) is 0 Å². The number of hydrogen-bond acceptors (Lipinski definition) is 1. The number of rotatable bonds is 3. The van der Waals surface area contributed by atoms with Crippen molar-refractivity contribution in [2.75, 3.05) is 0 Å². The van der Waals surface area contributed by atoms with Gasteiger partial charge in [0.1, 0.15) is 0 Å². The number of pyridine rings is 1. The number of fused-ring (bicyclic) bond motifs is 8. The summed E-state index contributed by atoms with van der Waals surface area (Å²) in [6, 6.07) is 54.4. The van der Waals surface area contributed by atoms with Crippen LogP contribution in [0.15, 0.2) is 156 Å². The van der Waals surface area contributed by atoms with Crippen molar-refractivity contribution in [3.05, 3.63) is 172 Å². The number of aromatic nitrogens is 1. The lowest BCUT2D eigenvalue weighted by Gasteiger charge is -2.17. The molecule has 0 atom stereocenters. The average molecular weight is 626 g/mol. The highest BCUT2D eigenvalue weighted by atomic mass is 16.1. The number of nitrogens with zero attached hydrogens (tertiary/aromatic N) is 1. The predicted octanol–water partition coefficient (Wildman–Crippen LogP) is 10.3. The van der Waals surface area contributed by atoms with Crippen LogP contribution < -0.4 is 16.0 Å². The fourth-order valence-corrected chi connectivity index (χ4v) is 7.98. The highest BCUT2D eigenvalue weighted by Crippen LogP contribution is 2.38. The van der Waals surface area contributed by atoms with Crippen LogP contribution in [0.1, 0.15) is 12.8 Å². The Morgan fingerprint density at radius 3 is 1.94 bits per heavy atom. The van der Waals surface area contributed by atoms with Crippen LogP contribution in [0, 0.1) is 0 Å². The quantitative estimate of drug-likeness (QED) is 0.141. The molecular formula is C47H31NO. The second-order valence-corrected chi connectivity index (χ2v) is 13.2. The summed E-state index contributed by atoms with van der Waals surface area (Å²) in [5, 5.41) is 12.7. The first-order chi connectivity index (χ1) is 24.2. The fourth-order valence-electron chi connectivity index (χ4n) is 7.98. The molecule has 1 aliphatic rings. The van der Waals surface area contributed by atoms with Gasteiger partial charge in [0.25, 0.3) is 5.56 Å². The van der Waals surface area contributed by atoms with E-state index in [1.165, 1.54) is 43.1 Å². The Morgan fingerprint density at radius 2 is 1.08 bits per heavy atom. The van der Waals surface area contributed by atoms with Crippen LogP contribution in [0.25, 0.3) is 94.1 Å². The van der Waals surface area contributed by atoms with Crippen molar-refractivity contribution in [1.29, 1.82) is 0 Å². The Bertz CT molecular complexity index is 3020. The molecule has 230 valence electrons. The minimum absolute atomic E-state index is 0.0297. The summed E-state index contributed by atoms with van der Waals surface area (Å²) in [5.41, 5.74) is 6.24. The molecule has 2 nitrogen and oxygen atoms in total. The van der Waals surface area contributed by atoms with Crippen molar-refractivity contribution < 1.29 is 0 Å². The van der Waals surface area contributed by atoms with Gasteiger partial charge in [-0.05, 0) is 126 Å². The summed E-state index contributed by atoms with van der Waals surface area (Å²) in [7, 11) is 0. The molecule has 2 heteroatoms. The Hall–Kier alpha value is -6.25. The third-order valence-corrected chi connectivity index (χ3v) is 10.3. The summed E-state index contributed by atoms with van der Waals surface area (Å²) in [4.78, 5) is 14.5. The van der Waals surface area contributed by atoms with Crippen molar-refractivity contribution in [3.8, 4) is 27.9 Å². The molecule has 0 fully saturated rings. The molecule has 0 saturated heterocycles. The van der Waals surface area contributed by atoms with Crippen molar-refractivity contribution in [1.82, 2.24) is 4.57 Å². The molecule has 0 saturated carbocycles. The largest absolute Gasteiger partial charge is 0.276 e. The van der Waals surface area contributed by atoms with Crippen molar-refractivity contribution in [2.24, 2.45) is 0 Å². The van der Waals surface area contributed by atoms with Crippen LogP contribution in [0.2, 0.25) is 0 Å². The molecule has 0 radical (unpaired) electrons. The second-order valence-electron chi connectivity index (χ2n) is 13.2. The van der Waals surface area contributed by atoms with Crippen LogP contribution in [0.3, 0.4) is 0 Å². The molecule has 8 aromatic carbocycles. The molecule has 0 amide bonds. The Kier molecular flexibility index (Phi) is 6.19. The second kappa shape index (κ2) is 10.9. The van der Waals surface area contributed by atoms with E-state index in [0.29, 0.717) is 0 Å². The van der Waals surface area contributed by atoms with E-state index >= 15 is 0 Å².